The van der Waals surface area contributed by atoms with Crippen LogP contribution in [0.4, 0.5) is 4.39 Å². The number of piperidine rings is 1. The molecule has 2 aliphatic rings. The summed E-state index contributed by atoms with van der Waals surface area (Å²) in [6.45, 7) is 5.17. The predicted octanol–water partition coefficient (Wildman–Crippen LogP) is 4.16. The van der Waals surface area contributed by atoms with Crippen LogP contribution >= 0.6 is 11.9 Å². The summed E-state index contributed by atoms with van der Waals surface area (Å²) >= 11 is 1.66. The standard InChI is InChI=1S/C26H29FN8OS/c1-3-11-34-29-16-24(31-34)37-33-12-9-20-13-23-19(15-30-35(23)22-6-4-21(27)5-7-22)14-26(20,17-33)18-36-25-8-10-28-32(25)2/h4-8,10,13,15-16H,3,9,11-12,14,17-18H2,1-2H3. The molecule has 6 rings (SSSR count). The molecule has 9 nitrogen and oxygen atoms in total. The smallest absolute Gasteiger partial charge is 0.211 e. The summed E-state index contributed by atoms with van der Waals surface area (Å²) in [5.41, 5.74) is 4.18. The Morgan fingerprint density at radius 2 is 1.97 bits per heavy atom. The number of halogens is 1. The van der Waals surface area contributed by atoms with Gasteiger partial charge in [0, 0.05) is 31.6 Å². The van der Waals surface area contributed by atoms with Gasteiger partial charge in [0.1, 0.15) is 12.4 Å². The zero-order chi connectivity index (χ0) is 25.4. The van der Waals surface area contributed by atoms with E-state index >= 15 is 0 Å². The molecule has 4 aromatic rings. The van der Waals surface area contributed by atoms with E-state index in [9.17, 15) is 4.39 Å². The number of ether oxygens (including phenoxy) is 1. The number of nitrogens with zero attached hydrogens (tertiary/aromatic N) is 8. The molecule has 1 saturated heterocycles. The lowest BCUT2D eigenvalue weighted by Gasteiger charge is -2.45. The van der Waals surface area contributed by atoms with Crippen molar-refractivity contribution in [3.8, 4) is 11.6 Å². The van der Waals surface area contributed by atoms with Crippen LogP contribution in [-0.2, 0) is 20.0 Å². The second kappa shape index (κ2) is 9.79. The second-order valence-electron chi connectivity index (χ2n) is 9.64. The Balaban J connectivity index is 1.30. The van der Waals surface area contributed by atoms with Gasteiger partial charge in [0.15, 0.2) is 5.03 Å². The van der Waals surface area contributed by atoms with Gasteiger partial charge < -0.3 is 4.74 Å². The van der Waals surface area contributed by atoms with Crippen molar-refractivity contribution in [2.45, 2.75) is 37.8 Å². The molecule has 11 heteroatoms. The van der Waals surface area contributed by atoms with Crippen molar-refractivity contribution in [2.75, 3.05) is 19.7 Å². The molecular weight excluding hydrogens is 491 g/mol. The van der Waals surface area contributed by atoms with Crippen LogP contribution in [0, 0.1) is 11.2 Å². The molecule has 1 aromatic carbocycles. The monoisotopic (exact) mass is 520 g/mol. The van der Waals surface area contributed by atoms with E-state index in [2.05, 4.69) is 37.7 Å². The summed E-state index contributed by atoms with van der Waals surface area (Å²) in [5.74, 6) is 0.489. The summed E-state index contributed by atoms with van der Waals surface area (Å²) in [6, 6.07) is 8.36. The van der Waals surface area contributed by atoms with Gasteiger partial charge in [0.2, 0.25) is 5.88 Å². The Bertz CT molecular complexity index is 1420. The predicted molar refractivity (Wildman–Crippen MR) is 139 cm³/mol. The lowest BCUT2D eigenvalue weighted by atomic mass is 9.69. The van der Waals surface area contributed by atoms with Crippen molar-refractivity contribution < 1.29 is 9.13 Å². The van der Waals surface area contributed by atoms with E-state index in [0.29, 0.717) is 6.61 Å². The maximum Gasteiger partial charge on any atom is 0.211 e. The number of aryl methyl sites for hydroxylation is 2. The van der Waals surface area contributed by atoms with Gasteiger partial charge in [0.05, 0.1) is 36.5 Å². The van der Waals surface area contributed by atoms with Crippen molar-refractivity contribution in [2.24, 2.45) is 12.5 Å². The molecule has 0 N–H and O–H groups in total. The summed E-state index contributed by atoms with van der Waals surface area (Å²) < 4.78 is 25.9. The highest BCUT2D eigenvalue weighted by molar-refractivity contribution is 7.97. The first-order valence-electron chi connectivity index (χ1n) is 12.5. The van der Waals surface area contributed by atoms with Crippen LogP contribution in [0.1, 0.15) is 31.0 Å². The fraction of sp³-hybridized carbons (Fsp3) is 0.385. The zero-order valence-corrected chi connectivity index (χ0v) is 21.7. The van der Waals surface area contributed by atoms with Crippen LogP contribution in [0.2, 0.25) is 0 Å². The Morgan fingerprint density at radius 3 is 2.76 bits per heavy atom. The number of aromatic nitrogens is 7. The number of benzene rings is 1. The lowest BCUT2D eigenvalue weighted by molar-refractivity contribution is 0.123. The topological polar surface area (TPSA) is 78.8 Å². The van der Waals surface area contributed by atoms with E-state index in [1.807, 2.05) is 30.2 Å². The molecule has 1 fully saturated rings. The van der Waals surface area contributed by atoms with Crippen LogP contribution in [0.5, 0.6) is 5.88 Å². The molecule has 37 heavy (non-hydrogen) atoms. The van der Waals surface area contributed by atoms with Crippen LogP contribution < -0.4 is 4.74 Å². The molecule has 0 bridgehead atoms. The van der Waals surface area contributed by atoms with Gasteiger partial charge in [-0.15, -0.1) is 5.10 Å². The SMILES string of the molecule is CCCn1ncc(SN2CCC3=Cc4c(cnn4-c4ccc(F)cc4)CC3(COc3ccnn3C)C2)n1. The largest absolute Gasteiger partial charge is 0.477 e. The lowest BCUT2D eigenvalue weighted by Crippen LogP contribution is -2.48. The average Bonchev–Trinajstić information content (AvgIpc) is 3.62. The van der Waals surface area contributed by atoms with Gasteiger partial charge in [-0.1, -0.05) is 12.5 Å². The third-order valence-electron chi connectivity index (χ3n) is 7.02. The minimum atomic E-state index is -0.256. The first-order chi connectivity index (χ1) is 18.0. The normalized spacial score (nSPS) is 19.4. The molecule has 1 aliphatic heterocycles. The Labute approximate surface area is 219 Å². The van der Waals surface area contributed by atoms with Crippen molar-refractivity contribution in [3.05, 3.63) is 71.6 Å². The van der Waals surface area contributed by atoms with Gasteiger partial charge in [0.25, 0.3) is 0 Å². The van der Waals surface area contributed by atoms with E-state index in [0.717, 1.165) is 66.7 Å². The van der Waals surface area contributed by atoms with Crippen LogP contribution in [0.3, 0.4) is 0 Å². The van der Waals surface area contributed by atoms with E-state index in [1.165, 1.54) is 17.7 Å². The fourth-order valence-electron chi connectivity index (χ4n) is 5.17. The van der Waals surface area contributed by atoms with E-state index < -0.39 is 0 Å². The Hall–Kier alpha value is -3.44. The summed E-state index contributed by atoms with van der Waals surface area (Å²) in [5, 5.41) is 18.9. The van der Waals surface area contributed by atoms with Crippen LogP contribution in [-0.4, -0.2) is 58.6 Å². The summed E-state index contributed by atoms with van der Waals surface area (Å²) in [4.78, 5) is 1.76. The average molecular weight is 521 g/mol. The Morgan fingerprint density at radius 1 is 1.11 bits per heavy atom. The maximum atomic E-state index is 13.5. The second-order valence-corrected chi connectivity index (χ2v) is 10.8. The molecule has 0 amide bonds. The van der Waals surface area contributed by atoms with Crippen molar-refractivity contribution >= 4 is 18.0 Å². The highest BCUT2D eigenvalue weighted by Gasteiger charge is 2.44. The summed E-state index contributed by atoms with van der Waals surface area (Å²) in [6.07, 6.45) is 10.5. The highest BCUT2D eigenvalue weighted by atomic mass is 32.2. The Kier molecular flexibility index (Phi) is 6.33. The zero-order valence-electron chi connectivity index (χ0n) is 20.9. The van der Waals surface area contributed by atoms with Crippen molar-refractivity contribution in [3.63, 3.8) is 0 Å². The molecule has 192 valence electrons. The maximum absolute atomic E-state index is 13.5. The van der Waals surface area contributed by atoms with Crippen LogP contribution in [0.15, 0.2) is 59.5 Å². The van der Waals surface area contributed by atoms with Gasteiger partial charge >= 0.3 is 0 Å². The minimum absolute atomic E-state index is 0.224. The van der Waals surface area contributed by atoms with Crippen molar-refractivity contribution in [1.29, 1.82) is 0 Å². The first-order valence-corrected chi connectivity index (χ1v) is 13.3. The molecule has 3 aromatic heterocycles. The molecule has 1 unspecified atom stereocenters. The number of rotatable bonds is 8. The molecular formula is C26H29FN8OS. The van der Waals surface area contributed by atoms with Gasteiger partial charge in [-0.25, -0.2) is 18.1 Å². The number of hydrogen-bond acceptors (Lipinski definition) is 7. The first kappa shape index (κ1) is 23.9. The van der Waals surface area contributed by atoms with Gasteiger partial charge in [-0.2, -0.15) is 20.1 Å². The minimum Gasteiger partial charge on any atom is -0.477 e. The molecule has 4 heterocycles. The van der Waals surface area contributed by atoms with Gasteiger partial charge in [-0.3, -0.25) is 0 Å². The molecule has 1 atom stereocenters. The number of fused-ring (bicyclic) bond motifs is 2. The highest BCUT2D eigenvalue weighted by Crippen LogP contribution is 2.46. The van der Waals surface area contributed by atoms with E-state index in [1.54, 1.807) is 39.8 Å². The number of hydrogen-bond donors (Lipinski definition) is 0. The molecule has 0 saturated carbocycles. The third-order valence-corrected chi connectivity index (χ3v) is 7.97. The van der Waals surface area contributed by atoms with E-state index in [-0.39, 0.29) is 11.2 Å². The van der Waals surface area contributed by atoms with Crippen LogP contribution in [0.25, 0.3) is 11.8 Å². The third kappa shape index (κ3) is 4.69. The van der Waals surface area contributed by atoms with Gasteiger partial charge in [-0.05, 0) is 67.1 Å². The molecule has 1 aliphatic carbocycles. The summed E-state index contributed by atoms with van der Waals surface area (Å²) in [7, 11) is 1.89. The fourth-order valence-corrected chi connectivity index (χ4v) is 6.15. The molecule has 0 spiro atoms. The quantitative estimate of drug-likeness (QED) is 0.323. The van der Waals surface area contributed by atoms with Crippen molar-refractivity contribution in [1.82, 2.24) is 38.9 Å². The van der Waals surface area contributed by atoms with E-state index in [4.69, 9.17) is 4.74 Å². The molecule has 0 radical (unpaired) electrons.